The average Bonchev–Trinajstić information content (AvgIpc) is 3.74. The van der Waals surface area contributed by atoms with Gasteiger partial charge in [-0.3, -0.25) is 20.9 Å². The van der Waals surface area contributed by atoms with Gasteiger partial charge in [-0.15, -0.1) is 10.2 Å². The van der Waals surface area contributed by atoms with E-state index in [9.17, 15) is 18.7 Å². The first kappa shape index (κ1) is 34.2. The molecule has 10 nitrogen and oxygen atoms in total. The van der Waals surface area contributed by atoms with E-state index in [0.717, 1.165) is 36.4 Å². The number of rotatable bonds is 7. The summed E-state index contributed by atoms with van der Waals surface area (Å²) in [5.41, 5.74) is 2.55. The number of alkyl halides is 2. The Hall–Kier alpha value is -3.83. The third-order valence-corrected chi connectivity index (χ3v) is 5.74. The van der Waals surface area contributed by atoms with Gasteiger partial charge >= 0.3 is 0 Å². The molecule has 1 aliphatic rings. The van der Waals surface area contributed by atoms with Crippen LogP contribution in [0.4, 0.5) is 13.9 Å². The number of nitrogens with zero attached hydrogens (tertiary/aromatic N) is 3. The molecule has 1 unspecified atom stereocenters. The Kier molecular flexibility index (Phi) is 15.1. The molecule has 0 aliphatic heterocycles. The number of aliphatic hydroxyl groups is 1. The molecule has 2 heterocycles. The molecule has 40 heavy (non-hydrogen) atoms. The van der Waals surface area contributed by atoms with E-state index >= 15 is 0 Å². The van der Waals surface area contributed by atoms with Crippen LogP contribution in [0.2, 0.25) is 0 Å². The fourth-order valence-electron chi connectivity index (χ4n) is 3.08. The Morgan fingerprint density at radius 2 is 1.85 bits per heavy atom. The second kappa shape index (κ2) is 17.7. The SMILES string of the molecule is C=O.CC.CC.COc1cnc(C(F)F)cc1-c1cc(C(O)NN)ccc1C(=O)Nc1nnc(C#CC2CC2)s1. The van der Waals surface area contributed by atoms with Crippen molar-refractivity contribution >= 4 is 29.2 Å². The van der Waals surface area contributed by atoms with Gasteiger partial charge in [-0.25, -0.2) is 14.2 Å². The number of methoxy groups -OCH3 is 1. The van der Waals surface area contributed by atoms with Gasteiger partial charge in [0.05, 0.1) is 13.3 Å². The van der Waals surface area contributed by atoms with E-state index < -0.39 is 24.3 Å². The van der Waals surface area contributed by atoms with Crippen LogP contribution in [0.3, 0.4) is 0 Å². The summed E-state index contributed by atoms with van der Waals surface area (Å²) in [6, 6.07) is 5.52. The minimum Gasteiger partial charge on any atom is -0.494 e. The topological polar surface area (TPSA) is 152 Å². The maximum Gasteiger partial charge on any atom is 0.280 e. The zero-order valence-corrected chi connectivity index (χ0v) is 23.8. The lowest BCUT2D eigenvalue weighted by molar-refractivity contribution is -0.0980. The van der Waals surface area contributed by atoms with Gasteiger partial charge in [-0.2, -0.15) is 0 Å². The largest absolute Gasteiger partial charge is 0.494 e. The third-order valence-electron chi connectivity index (χ3n) is 4.99. The van der Waals surface area contributed by atoms with Crippen LogP contribution < -0.4 is 21.3 Å². The Bertz CT molecular complexity index is 1290. The molecule has 1 fully saturated rings. The van der Waals surface area contributed by atoms with Crippen molar-refractivity contribution in [3.63, 3.8) is 0 Å². The van der Waals surface area contributed by atoms with Crippen LogP contribution >= 0.6 is 11.3 Å². The lowest BCUT2D eigenvalue weighted by Gasteiger charge is -2.17. The fraction of sp³-hybridized carbons (Fsp3) is 0.370. The molecule has 1 atom stereocenters. The van der Waals surface area contributed by atoms with Gasteiger partial charge < -0.3 is 14.6 Å². The molecule has 1 aliphatic carbocycles. The summed E-state index contributed by atoms with van der Waals surface area (Å²) in [7, 11) is 1.36. The first-order chi connectivity index (χ1) is 19.4. The standard InChI is InChI=1S/C22H20F2N6O3S.2C2H6.CH2O/c1-33-17-10-26-16(19(23)24)9-15(17)14-8-12(20(31)28-25)5-6-13(14)21(32)27-22-30-29-18(34-22)7-4-11-2-3-11;3*1-2/h5-6,8-11,19-20,28,31H,2-3,25H2,1H3,(H,27,30,32);2*1-2H3;1H2. The number of aliphatic hydroxyl groups excluding tert-OH is 1. The van der Waals surface area contributed by atoms with E-state index in [2.05, 4.69) is 37.8 Å². The number of hydrogen-bond acceptors (Lipinski definition) is 10. The lowest BCUT2D eigenvalue weighted by Crippen LogP contribution is -2.27. The number of amides is 1. The van der Waals surface area contributed by atoms with Gasteiger partial charge in [0.25, 0.3) is 12.3 Å². The average molecular weight is 577 g/mol. The number of nitrogens with two attached hydrogens (primary N) is 1. The summed E-state index contributed by atoms with van der Waals surface area (Å²) in [6.07, 6.45) is -0.784. The fourth-order valence-corrected chi connectivity index (χ4v) is 3.68. The maximum absolute atomic E-state index is 13.4. The third kappa shape index (κ3) is 9.42. The Labute approximate surface area is 236 Å². The smallest absolute Gasteiger partial charge is 0.280 e. The number of nitrogens with one attached hydrogen (secondary N) is 2. The highest BCUT2D eigenvalue weighted by Crippen LogP contribution is 2.36. The molecule has 0 spiro atoms. The highest BCUT2D eigenvalue weighted by molar-refractivity contribution is 7.15. The van der Waals surface area contributed by atoms with Crippen LogP contribution in [0.5, 0.6) is 5.75 Å². The number of aromatic nitrogens is 3. The minimum atomic E-state index is -2.84. The molecule has 1 saturated carbocycles. The minimum absolute atomic E-state index is 0.124. The van der Waals surface area contributed by atoms with Crippen molar-refractivity contribution in [2.75, 3.05) is 12.4 Å². The summed E-state index contributed by atoms with van der Waals surface area (Å²) in [4.78, 5) is 24.8. The van der Waals surface area contributed by atoms with Crippen molar-refractivity contribution in [2.24, 2.45) is 11.8 Å². The number of pyridine rings is 1. The molecule has 0 saturated heterocycles. The lowest BCUT2D eigenvalue weighted by atomic mass is 9.95. The second-order valence-electron chi connectivity index (χ2n) is 7.39. The predicted octanol–water partition coefficient (Wildman–Crippen LogP) is 4.88. The Morgan fingerprint density at radius 1 is 1.18 bits per heavy atom. The van der Waals surface area contributed by atoms with Gasteiger partial charge in [0.15, 0.2) is 5.01 Å². The van der Waals surface area contributed by atoms with Gasteiger partial charge in [-0.1, -0.05) is 51.0 Å². The number of anilines is 1. The summed E-state index contributed by atoms with van der Waals surface area (Å²) in [6.45, 7) is 10.0. The van der Waals surface area contributed by atoms with E-state index in [-0.39, 0.29) is 27.6 Å². The molecule has 216 valence electrons. The highest BCUT2D eigenvalue weighted by Gasteiger charge is 2.22. The molecule has 1 amide bonds. The quantitative estimate of drug-likeness (QED) is 0.133. The van der Waals surface area contributed by atoms with Gasteiger partial charge in [0.2, 0.25) is 5.13 Å². The van der Waals surface area contributed by atoms with Crippen molar-refractivity contribution in [1.82, 2.24) is 20.6 Å². The summed E-state index contributed by atoms with van der Waals surface area (Å²) in [5, 5.41) is 21.4. The number of carbonyl (C=O) groups is 2. The number of ether oxygens (including phenoxy) is 1. The summed E-state index contributed by atoms with van der Waals surface area (Å²) < 4.78 is 32.0. The van der Waals surface area contributed by atoms with Crippen LogP contribution in [-0.4, -0.2) is 40.1 Å². The van der Waals surface area contributed by atoms with Gasteiger partial charge in [-0.05, 0) is 48.1 Å². The summed E-state index contributed by atoms with van der Waals surface area (Å²) in [5.74, 6) is 11.3. The van der Waals surface area contributed by atoms with Crippen molar-refractivity contribution in [3.05, 3.63) is 52.3 Å². The molecule has 0 radical (unpaired) electrons. The molecule has 3 aromatic rings. The molecular formula is C27H34F2N6O4S. The number of hydrazine groups is 1. The number of halogens is 2. The zero-order chi connectivity index (χ0) is 30.2. The molecule has 5 N–H and O–H groups in total. The Balaban J connectivity index is 0.00000125. The first-order valence-corrected chi connectivity index (χ1v) is 13.3. The number of hydrogen-bond donors (Lipinski definition) is 4. The first-order valence-electron chi connectivity index (χ1n) is 12.5. The van der Waals surface area contributed by atoms with E-state index in [4.69, 9.17) is 15.4 Å². The van der Waals surface area contributed by atoms with Gasteiger partial charge in [0, 0.05) is 17.0 Å². The molecule has 13 heteroatoms. The van der Waals surface area contributed by atoms with Crippen molar-refractivity contribution < 1.29 is 28.2 Å². The predicted molar refractivity (Wildman–Crippen MR) is 151 cm³/mol. The van der Waals surface area contributed by atoms with E-state index in [1.807, 2.05) is 34.5 Å². The maximum atomic E-state index is 13.4. The summed E-state index contributed by atoms with van der Waals surface area (Å²) >= 11 is 1.12. The van der Waals surface area contributed by atoms with E-state index in [1.54, 1.807) is 0 Å². The molecule has 4 rings (SSSR count). The van der Waals surface area contributed by atoms with Crippen LogP contribution in [0, 0.1) is 17.8 Å². The van der Waals surface area contributed by atoms with Gasteiger partial charge in [0.1, 0.15) is 24.5 Å². The monoisotopic (exact) mass is 576 g/mol. The molecular weight excluding hydrogens is 542 g/mol. The number of benzene rings is 1. The van der Waals surface area contributed by atoms with E-state index in [0.29, 0.717) is 16.5 Å². The van der Waals surface area contributed by atoms with Crippen LogP contribution in [0.1, 0.15) is 79.8 Å². The van der Waals surface area contributed by atoms with Crippen LogP contribution in [0.15, 0.2) is 30.5 Å². The molecule has 2 aromatic heterocycles. The van der Waals surface area contributed by atoms with Crippen LogP contribution in [0.25, 0.3) is 11.1 Å². The zero-order valence-electron chi connectivity index (χ0n) is 23.0. The van der Waals surface area contributed by atoms with Crippen LogP contribution in [-0.2, 0) is 4.79 Å². The highest BCUT2D eigenvalue weighted by atomic mass is 32.1. The number of carbonyl (C=O) groups excluding carboxylic acids is 2. The Morgan fingerprint density at radius 3 is 2.42 bits per heavy atom. The van der Waals surface area contributed by atoms with Crippen molar-refractivity contribution in [3.8, 4) is 28.7 Å². The molecule has 0 bridgehead atoms. The normalized spacial score (nSPS) is 12.2. The second-order valence-corrected chi connectivity index (χ2v) is 8.37. The van der Waals surface area contributed by atoms with Crippen molar-refractivity contribution in [1.29, 1.82) is 0 Å². The van der Waals surface area contributed by atoms with E-state index in [1.165, 1.54) is 25.3 Å². The molecule has 1 aromatic carbocycles. The van der Waals surface area contributed by atoms with Crippen molar-refractivity contribution in [2.45, 2.75) is 53.2 Å².